The number of carbonyl (C=O) groups is 1. The Morgan fingerprint density at radius 3 is 2.65 bits per heavy atom. The number of rotatable bonds is 9. The summed E-state index contributed by atoms with van der Waals surface area (Å²) in [7, 11) is 0. The van der Waals surface area contributed by atoms with Gasteiger partial charge in [0.05, 0.1) is 5.69 Å². The molecule has 4 heteroatoms. The van der Waals surface area contributed by atoms with E-state index >= 15 is 0 Å². The highest BCUT2D eigenvalue weighted by molar-refractivity contribution is 5.78. The second-order valence-corrected chi connectivity index (χ2v) is 5.54. The van der Waals surface area contributed by atoms with Crippen molar-refractivity contribution in [1.29, 1.82) is 0 Å². The molecule has 0 fully saturated rings. The van der Waals surface area contributed by atoms with Crippen LogP contribution in [0.1, 0.15) is 57.3 Å². The lowest BCUT2D eigenvalue weighted by Crippen LogP contribution is -2.31. The molecule has 1 heterocycles. The molecule has 0 saturated heterocycles. The fraction of sp³-hybridized carbons (Fsp3) is 0.750. The molecule has 0 bridgehead atoms. The number of unbranched alkanes of at least 4 members (excludes halogenated alkanes) is 1. The molecule has 0 spiro atoms. The fourth-order valence-electron chi connectivity index (χ4n) is 2.46. The number of hydrogen-bond acceptors (Lipinski definition) is 2. The highest BCUT2D eigenvalue weighted by Gasteiger charge is 2.14. The average molecular weight is 279 g/mol. The van der Waals surface area contributed by atoms with Gasteiger partial charge >= 0.3 is 0 Å². The summed E-state index contributed by atoms with van der Waals surface area (Å²) in [6.07, 6.45) is 5.16. The Morgan fingerprint density at radius 2 is 2.10 bits per heavy atom. The fourth-order valence-corrected chi connectivity index (χ4v) is 2.46. The highest BCUT2D eigenvalue weighted by atomic mass is 16.1. The molecule has 0 unspecified atom stereocenters. The highest BCUT2D eigenvalue weighted by Crippen LogP contribution is 2.12. The predicted molar refractivity (Wildman–Crippen MR) is 82.6 cm³/mol. The SMILES string of the molecule is CCCC[C@@H](CC)C(=O)NCCCn1nc(C)cc1C. The van der Waals surface area contributed by atoms with Crippen molar-refractivity contribution in [2.24, 2.45) is 5.92 Å². The summed E-state index contributed by atoms with van der Waals surface area (Å²) >= 11 is 0. The molecule has 0 aromatic carbocycles. The molecule has 1 aromatic heterocycles. The Morgan fingerprint density at radius 1 is 1.35 bits per heavy atom. The van der Waals surface area contributed by atoms with Crippen LogP contribution >= 0.6 is 0 Å². The van der Waals surface area contributed by atoms with Gasteiger partial charge in [-0.3, -0.25) is 9.48 Å². The van der Waals surface area contributed by atoms with E-state index in [1.54, 1.807) is 0 Å². The van der Waals surface area contributed by atoms with Crippen LogP contribution in [0.3, 0.4) is 0 Å². The van der Waals surface area contributed by atoms with E-state index in [4.69, 9.17) is 0 Å². The maximum absolute atomic E-state index is 12.0. The number of hydrogen-bond donors (Lipinski definition) is 1. The van der Waals surface area contributed by atoms with E-state index in [1.807, 2.05) is 11.6 Å². The number of aromatic nitrogens is 2. The van der Waals surface area contributed by atoms with Gasteiger partial charge in [0, 0.05) is 24.7 Å². The van der Waals surface area contributed by atoms with Crippen LogP contribution in [0.25, 0.3) is 0 Å². The monoisotopic (exact) mass is 279 g/mol. The summed E-state index contributed by atoms with van der Waals surface area (Å²) in [4.78, 5) is 12.0. The van der Waals surface area contributed by atoms with Crippen LogP contribution in [0.15, 0.2) is 6.07 Å². The Balaban J connectivity index is 2.26. The summed E-state index contributed by atoms with van der Waals surface area (Å²) in [6, 6.07) is 2.08. The third kappa shape index (κ3) is 5.35. The lowest BCUT2D eigenvalue weighted by atomic mass is 9.98. The molecule has 1 N–H and O–H groups in total. The minimum Gasteiger partial charge on any atom is -0.356 e. The van der Waals surface area contributed by atoms with Crippen molar-refractivity contribution < 1.29 is 4.79 Å². The van der Waals surface area contributed by atoms with Gasteiger partial charge in [-0.1, -0.05) is 26.7 Å². The maximum Gasteiger partial charge on any atom is 0.223 e. The van der Waals surface area contributed by atoms with E-state index < -0.39 is 0 Å². The van der Waals surface area contributed by atoms with Crippen LogP contribution in [0, 0.1) is 19.8 Å². The molecule has 1 rings (SSSR count). The molecule has 20 heavy (non-hydrogen) atoms. The molecule has 114 valence electrons. The Bertz CT molecular complexity index is 412. The van der Waals surface area contributed by atoms with E-state index in [9.17, 15) is 4.79 Å². The van der Waals surface area contributed by atoms with E-state index in [1.165, 1.54) is 5.69 Å². The second kappa shape index (κ2) is 8.77. The predicted octanol–water partition coefficient (Wildman–Crippen LogP) is 3.22. The van der Waals surface area contributed by atoms with Gasteiger partial charge in [-0.25, -0.2) is 0 Å². The summed E-state index contributed by atoms with van der Waals surface area (Å²) < 4.78 is 2.01. The molecule has 0 aliphatic heterocycles. The summed E-state index contributed by atoms with van der Waals surface area (Å²) in [5.41, 5.74) is 2.24. The largest absolute Gasteiger partial charge is 0.356 e. The minimum absolute atomic E-state index is 0.184. The van der Waals surface area contributed by atoms with Crippen LogP contribution in [-0.2, 0) is 11.3 Å². The molecular formula is C16H29N3O. The lowest BCUT2D eigenvalue weighted by Gasteiger charge is -2.14. The molecule has 1 aromatic rings. The maximum atomic E-state index is 12.0. The Labute approximate surface area is 122 Å². The standard InChI is InChI=1S/C16H29N3O/c1-5-7-9-15(6-2)16(20)17-10-8-11-19-14(4)12-13(3)18-19/h12,15H,5-11H2,1-4H3,(H,17,20)/t15-/m1/s1. The van der Waals surface area contributed by atoms with Crippen molar-refractivity contribution >= 4 is 5.91 Å². The van der Waals surface area contributed by atoms with Crippen molar-refractivity contribution in [3.8, 4) is 0 Å². The normalized spacial score (nSPS) is 12.4. The van der Waals surface area contributed by atoms with Crippen molar-refractivity contribution in [3.63, 3.8) is 0 Å². The minimum atomic E-state index is 0.184. The van der Waals surface area contributed by atoms with Crippen LogP contribution in [-0.4, -0.2) is 22.2 Å². The van der Waals surface area contributed by atoms with Crippen LogP contribution in [0.2, 0.25) is 0 Å². The molecular weight excluding hydrogens is 250 g/mol. The smallest absolute Gasteiger partial charge is 0.223 e. The number of carbonyl (C=O) groups excluding carboxylic acids is 1. The van der Waals surface area contributed by atoms with Gasteiger partial charge in [0.2, 0.25) is 5.91 Å². The van der Waals surface area contributed by atoms with E-state index in [-0.39, 0.29) is 11.8 Å². The quantitative estimate of drug-likeness (QED) is 0.705. The van der Waals surface area contributed by atoms with Crippen LogP contribution in [0.4, 0.5) is 0 Å². The van der Waals surface area contributed by atoms with Crippen molar-refractivity contribution in [1.82, 2.24) is 15.1 Å². The molecule has 0 radical (unpaired) electrons. The van der Waals surface area contributed by atoms with Gasteiger partial charge in [-0.2, -0.15) is 5.10 Å². The van der Waals surface area contributed by atoms with Gasteiger partial charge in [0.1, 0.15) is 0 Å². The lowest BCUT2D eigenvalue weighted by molar-refractivity contribution is -0.125. The Kier molecular flexibility index (Phi) is 7.34. The summed E-state index contributed by atoms with van der Waals surface area (Å²) in [6.45, 7) is 9.93. The molecule has 0 saturated carbocycles. The van der Waals surface area contributed by atoms with Crippen LogP contribution < -0.4 is 5.32 Å². The summed E-state index contributed by atoms with van der Waals surface area (Å²) in [5, 5.41) is 7.48. The number of nitrogens with zero attached hydrogens (tertiary/aromatic N) is 2. The first-order valence-corrected chi connectivity index (χ1v) is 7.87. The number of nitrogens with one attached hydrogen (secondary N) is 1. The molecule has 0 aliphatic carbocycles. The second-order valence-electron chi connectivity index (χ2n) is 5.54. The molecule has 4 nitrogen and oxygen atoms in total. The van der Waals surface area contributed by atoms with Gasteiger partial charge < -0.3 is 5.32 Å². The molecule has 1 amide bonds. The van der Waals surface area contributed by atoms with Crippen LogP contribution in [0.5, 0.6) is 0 Å². The third-order valence-electron chi connectivity index (χ3n) is 3.72. The third-order valence-corrected chi connectivity index (χ3v) is 3.72. The molecule has 0 aliphatic rings. The first-order chi connectivity index (χ1) is 9.58. The zero-order valence-corrected chi connectivity index (χ0v) is 13.4. The zero-order valence-electron chi connectivity index (χ0n) is 13.4. The summed E-state index contributed by atoms with van der Waals surface area (Å²) in [5.74, 6) is 0.401. The average Bonchev–Trinajstić information content (AvgIpc) is 2.74. The molecule has 1 atom stereocenters. The van der Waals surface area contributed by atoms with Crippen molar-refractivity contribution in [2.75, 3.05) is 6.54 Å². The van der Waals surface area contributed by atoms with E-state index in [0.29, 0.717) is 0 Å². The van der Waals surface area contributed by atoms with Crippen molar-refractivity contribution in [2.45, 2.75) is 66.3 Å². The zero-order chi connectivity index (χ0) is 15.0. The first kappa shape index (κ1) is 16.7. The Hall–Kier alpha value is -1.32. The first-order valence-electron chi connectivity index (χ1n) is 7.87. The van der Waals surface area contributed by atoms with Gasteiger partial charge in [0.25, 0.3) is 0 Å². The van der Waals surface area contributed by atoms with E-state index in [0.717, 1.165) is 50.9 Å². The topological polar surface area (TPSA) is 46.9 Å². The number of amides is 1. The van der Waals surface area contributed by atoms with Gasteiger partial charge in [-0.05, 0) is 39.2 Å². The number of aryl methyl sites for hydroxylation is 3. The van der Waals surface area contributed by atoms with Crippen molar-refractivity contribution in [3.05, 3.63) is 17.5 Å². The van der Waals surface area contributed by atoms with E-state index in [2.05, 4.69) is 37.3 Å². The van der Waals surface area contributed by atoms with Gasteiger partial charge in [0.15, 0.2) is 0 Å². The van der Waals surface area contributed by atoms with Gasteiger partial charge in [-0.15, -0.1) is 0 Å².